The van der Waals surface area contributed by atoms with Crippen molar-refractivity contribution in [3.05, 3.63) is 146 Å². The van der Waals surface area contributed by atoms with Crippen LogP contribution in [0.4, 0.5) is 0 Å². The van der Waals surface area contributed by atoms with E-state index in [2.05, 4.69) is 140 Å². The highest BCUT2D eigenvalue weighted by Gasteiger charge is 2.40. The number of benzene rings is 6. The van der Waals surface area contributed by atoms with E-state index in [0.29, 0.717) is 0 Å². The third-order valence-corrected chi connectivity index (χ3v) is 13.2. The van der Waals surface area contributed by atoms with Gasteiger partial charge in [0.25, 0.3) is 6.71 Å². The van der Waals surface area contributed by atoms with Crippen LogP contribution in [-0.2, 0) is 0 Å². The molecule has 0 radical (unpaired) electrons. The van der Waals surface area contributed by atoms with Crippen molar-refractivity contribution in [2.24, 2.45) is 0 Å². The molecule has 0 unspecified atom stereocenters. The lowest BCUT2D eigenvalue weighted by molar-refractivity contribution is 0.465. The molecular weight excluding hydrogens is 515 g/mol. The number of para-hydroxylation sites is 2. The minimum Gasteiger partial charge on any atom is -0.458 e. The highest BCUT2D eigenvalue weighted by atomic mass is 28.3. The van der Waals surface area contributed by atoms with E-state index in [9.17, 15) is 0 Å². The molecule has 0 bridgehead atoms. The Morgan fingerprint density at radius 2 is 0.927 bits per heavy atom. The normalized spacial score (nSPS) is 12.9. The first kappa shape index (κ1) is 24.0. The predicted octanol–water partition coefficient (Wildman–Crippen LogP) is 5.18. The fraction of sp³-hybridized carbons (Fsp3) is 0.0270. The van der Waals surface area contributed by atoms with Crippen LogP contribution in [0, 0.1) is 0 Å². The number of hydrogen-bond donors (Lipinski definition) is 0. The fourth-order valence-corrected chi connectivity index (χ4v) is 10.2. The zero-order valence-electron chi connectivity index (χ0n) is 22.8. The first-order valence-electron chi connectivity index (χ1n) is 14.1. The van der Waals surface area contributed by atoms with E-state index in [1.54, 1.807) is 0 Å². The Hall–Kier alpha value is -4.80. The van der Waals surface area contributed by atoms with Crippen molar-refractivity contribution in [3.63, 3.8) is 0 Å². The third-order valence-electron chi connectivity index (χ3n) is 8.77. The Balaban J connectivity index is 1.30. The van der Waals surface area contributed by atoms with Crippen LogP contribution in [0.15, 0.2) is 146 Å². The van der Waals surface area contributed by atoms with E-state index >= 15 is 0 Å². The van der Waals surface area contributed by atoms with Crippen LogP contribution in [0.5, 0.6) is 23.0 Å². The molecule has 2 nitrogen and oxygen atoms in total. The Bertz CT molecular complexity index is 1810. The largest absolute Gasteiger partial charge is 0.458 e. The molecule has 0 saturated heterocycles. The van der Waals surface area contributed by atoms with E-state index in [1.807, 2.05) is 12.1 Å². The molecule has 0 fully saturated rings. The first-order valence-corrected chi connectivity index (χ1v) is 16.6. The summed E-state index contributed by atoms with van der Waals surface area (Å²) in [6.45, 7) is 2.54. The van der Waals surface area contributed by atoms with E-state index in [0.717, 1.165) is 39.6 Å². The smallest absolute Gasteiger partial charge is 0.260 e. The Morgan fingerprint density at radius 3 is 1.49 bits per heavy atom. The maximum Gasteiger partial charge on any atom is 0.260 e. The molecule has 0 atom stereocenters. The van der Waals surface area contributed by atoms with Gasteiger partial charge in [0, 0.05) is 5.46 Å². The van der Waals surface area contributed by atoms with Crippen LogP contribution in [-0.4, -0.2) is 14.8 Å². The Labute approximate surface area is 242 Å². The second-order valence-electron chi connectivity index (χ2n) is 11.0. The van der Waals surface area contributed by atoms with Crippen LogP contribution in [0.2, 0.25) is 6.55 Å². The summed E-state index contributed by atoms with van der Waals surface area (Å²) >= 11 is 0. The van der Waals surface area contributed by atoms with Crippen LogP contribution < -0.4 is 41.4 Å². The van der Waals surface area contributed by atoms with Gasteiger partial charge in [-0.05, 0) is 61.9 Å². The number of rotatable bonds is 4. The lowest BCUT2D eigenvalue weighted by Crippen LogP contribution is -2.64. The predicted molar refractivity (Wildman–Crippen MR) is 173 cm³/mol. The van der Waals surface area contributed by atoms with Crippen molar-refractivity contribution in [1.29, 1.82) is 0 Å². The van der Waals surface area contributed by atoms with Crippen LogP contribution in [0.25, 0.3) is 11.1 Å². The molecule has 0 N–H and O–H groups in total. The van der Waals surface area contributed by atoms with Crippen molar-refractivity contribution in [1.82, 2.24) is 0 Å². The molecule has 0 aromatic heterocycles. The summed E-state index contributed by atoms with van der Waals surface area (Å²) in [5.41, 5.74) is 5.72. The molecule has 0 saturated carbocycles. The van der Waals surface area contributed by atoms with E-state index < -0.39 is 8.07 Å². The van der Waals surface area contributed by atoms with E-state index in [-0.39, 0.29) is 6.71 Å². The van der Waals surface area contributed by atoms with Crippen LogP contribution >= 0.6 is 0 Å². The topological polar surface area (TPSA) is 18.5 Å². The van der Waals surface area contributed by atoms with Gasteiger partial charge in [-0.25, -0.2) is 0 Å². The van der Waals surface area contributed by atoms with Gasteiger partial charge in [-0.3, -0.25) is 0 Å². The summed E-state index contributed by atoms with van der Waals surface area (Å²) in [4.78, 5) is 0. The Kier molecular flexibility index (Phi) is 5.51. The number of hydrogen-bond acceptors (Lipinski definition) is 2. The first-order chi connectivity index (χ1) is 20.2. The molecule has 0 aliphatic carbocycles. The third kappa shape index (κ3) is 3.79. The van der Waals surface area contributed by atoms with Crippen molar-refractivity contribution >= 4 is 46.7 Å². The van der Waals surface area contributed by atoms with Crippen LogP contribution in [0.1, 0.15) is 0 Å². The standard InChI is InChI=1S/C37H27BO2Si/c1-41(28-14-4-2-5-15-28,29-16-6-3-7-17-29)30-18-12-13-26(23-30)27-24-35-37-36(25-27)40-34-22-11-9-20-32(34)38(37)31-19-8-10-21-33(31)39-35/h2-25H,1H3. The molecule has 4 heteroatoms. The highest BCUT2D eigenvalue weighted by molar-refractivity contribution is 7.10. The average Bonchev–Trinajstić information content (AvgIpc) is 3.05. The van der Waals surface area contributed by atoms with Gasteiger partial charge in [0.1, 0.15) is 31.1 Å². The Morgan fingerprint density at radius 1 is 0.439 bits per heavy atom. The molecule has 6 aromatic rings. The molecule has 0 spiro atoms. The molecule has 41 heavy (non-hydrogen) atoms. The maximum atomic E-state index is 6.57. The molecule has 6 aromatic carbocycles. The van der Waals surface area contributed by atoms with Crippen molar-refractivity contribution < 1.29 is 9.47 Å². The number of ether oxygens (including phenoxy) is 2. The zero-order chi connectivity index (χ0) is 27.4. The lowest BCUT2D eigenvalue weighted by atomic mass is 9.35. The SMILES string of the molecule is C[Si](c1ccccc1)(c1ccccc1)c1cccc(-c2cc3c4c(c2)Oc2ccccc2B4c2ccccc2O3)c1. The van der Waals surface area contributed by atoms with Crippen molar-refractivity contribution in [2.45, 2.75) is 6.55 Å². The molecule has 194 valence electrons. The van der Waals surface area contributed by atoms with Gasteiger partial charge in [0.05, 0.1) is 0 Å². The van der Waals surface area contributed by atoms with Gasteiger partial charge in [-0.15, -0.1) is 0 Å². The fourth-order valence-electron chi connectivity index (χ4n) is 6.61. The minimum absolute atomic E-state index is 0.0853. The molecule has 2 heterocycles. The summed E-state index contributed by atoms with van der Waals surface area (Å²) in [6.07, 6.45) is 0. The molecule has 0 amide bonds. The second kappa shape index (κ2) is 9.40. The van der Waals surface area contributed by atoms with Gasteiger partial charge in [0.15, 0.2) is 0 Å². The van der Waals surface area contributed by atoms with Gasteiger partial charge in [-0.1, -0.05) is 128 Å². The van der Waals surface area contributed by atoms with Crippen molar-refractivity contribution in [2.75, 3.05) is 0 Å². The minimum atomic E-state index is -2.25. The summed E-state index contributed by atoms with van der Waals surface area (Å²) in [7, 11) is -2.25. The summed E-state index contributed by atoms with van der Waals surface area (Å²) in [5, 5.41) is 4.16. The summed E-state index contributed by atoms with van der Waals surface area (Å²) in [5.74, 6) is 3.55. The van der Waals surface area contributed by atoms with Gasteiger partial charge in [0.2, 0.25) is 0 Å². The monoisotopic (exact) mass is 542 g/mol. The summed E-state index contributed by atoms with van der Waals surface area (Å²) in [6, 6.07) is 52.2. The van der Waals surface area contributed by atoms with Gasteiger partial charge in [-0.2, -0.15) is 0 Å². The molecule has 2 aliphatic rings. The molecule has 8 rings (SSSR count). The number of fused-ring (bicyclic) bond motifs is 4. The van der Waals surface area contributed by atoms with E-state index in [1.165, 1.54) is 26.5 Å². The molecular formula is C37H27BO2Si. The quantitative estimate of drug-likeness (QED) is 0.226. The zero-order valence-corrected chi connectivity index (χ0v) is 23.8. The maximum absolute atomic E-state index is 6.57. The molecule has 2 aliphatic heterocycles. The average molecular weight is 543 g/mol. The second-order valence-corrected chi connectivity index (χ2v) is 15.0. The van der Waals surface area contributed by atoms with Crippen molar-refractivity contribution in [3.8, 4) is 34.1 Å². The lowest BCUT2D eigenvalue weighted by Gasteiger charge is -2.33. The summed E-state index contributed by atoms with van der Waals surface area (Å²) < 4.78 is 13.1. The highest BCUT2D eigenvalue weighted by Crippen LogP contribution is 2.38. The van der Waals surface area contributed by atoms with Gasteiger partial charge >= 0.3 is 0 Å². The van der Waals surface area contributed by atoms with Crippen LogP contribution in [0.3, 0.4) is 0 Å². The van der Waals surface area contributed by atoms with Gasteiger partial charge < -0.3 is 9.47 Å². The van der Waals surface area contributed by atoms with E-state index in [4.69, 9.17) is 9.47 Å².